The minimum Gasteiger partial charge on any atom is -0.382 e. The van der Waals surface area contributed by atoms with Gasteiger partial charge in [0.15, 0.2) is 0 Å². The average Bonchev–Trinajstić information content (AvgIpc) is 3.36. The zero-order valence-corrected chi connectivity index (χ0v) is 18.5. The fourth-order valence-corrected chi connectivity index (χ4v) is 4.99. The second-order valence-electron chi connectivity index (χ2n) is 8.97. The number of aromatic nitrogens is 1. The summed E-state index contributed by atoms with van der Waals surface area (Å²) in [4.78, 5) is 30.0. The minimum atomic E-state index is -0.481. The van der Waals surface area contributed by atoms with Gasteiger partial charge in [-0.3, -0.25) is 9.69 Å². The largest absolute Gasteiger partial charge is 0.382 e. The molecule has 2 atom stereocenters. The van der Waals surface area contributed by atoms with Crippen molar-refractivity contribution in [3.05, 3.63) is 60.3 Å². The van der Waals surface area contributed by atoms with Crippen molar-refractivity contribution in [2.45, 2.75) is 25.4 Å². The fraction of sp³-hybridized carbons (Fsp3) is 0.480. The summed E-state index contributed by atoms with van der Waals surface area (Å²) in [5.41, 5.74) is 1.90. The molecule has 2 fully saturated rings. The predicted molar refractivity (Wildman–Crippen MR) is 125 cm³/mol. The van der Waals surface area contributed by atoms with E-state index in [1.165, 1.54) is 6.42 Å². The Morgan fingerprint density at radius 3 is 2.59 bits per heavy atom. The highest BCUT2D eigenvalue weighted by Crippen LogP contribution is 2.23. The molecule has 1 amide bonds. The molecule has 0 unspecified atom stereocenters. The van der Waals surface area contributed by atoms with Crippen molar-refractivity contribution in [1.82, 2.24) is 14.8 Å². The van der Waals surface area contributed by atoms with E-state index in [1.807, 2.05) is 53.6 Å². The summed E-state index contributed by atoms with van der Waals surface area (Å²) in [5.74, 6) is 1.67. The summed E-state index contributed by atoms with van der Waals surface area (Å²) in [6.45, 7) is 6.78. The van der Waals surface area contributed by atoms with E-state index in [9.17, 15) is 4.79 Å². The maximum atomic E-state index is 13.1. The molecule has 0 spiro atoms. The van der Waals surface area contributed by atoms with Crippen LogP contribution in [0.4, 0.5) is 5.82 Å². The van der Waals surface area contributed by atoms with Crippen molar-refractivity contribution in [3.63, 3.8) is 0 Å². The lowest BCUT2D eigenvalue weighted by Crippen LogP contribution is -2.51. The van der Waals surface area contributed by atoms with Crippen molar-refractivity contribution in [2.24, 2.45) is 11.1 Å². The summed E-state index contributed by atoms with van der Waals surface area (Å²) in [6, 6.07) is 16.1. The van der Waals surface area contributed by atoms with Crippen LogP contribution < -0.4 is 4.90 Å². The van der Waals surface area contributed by atoms with Crippen molar-refractivity contribution >= 4 is 17.4 Å². The Labute approximate surface area is 189 Å². The van der Waals surface area contributed by atoms with Gasteiger partial charge < -0.3 is 14.6 Å². The Morgan fingerprint density at radius 1 is 1.00 bits per heavy atom. The van der Waals surface area contributed by atoms with E-state index in [2.05, 4.69) is 26.0 Å². The van der Waals surface area contributed by atoms with Crippen LogP contribution in [0.3, 0.4) is 0 Å². The number of hydrogen-bond donors (Lipinski definition) is 0. The lowest BCUT2D eigenvalue weighted by Gasteiger charge is -2.40. The number of oxime groups is 1. The van der Waals surface area contributed by atoms with E-state index < -0.39 is 6.10 Å². The third-order valence-electron chi connectivity index (χ3n) is 6.74. The molecule has 1 aromatic carbocycles. The Morgan fingerprint density at radius 2 is 1.81 bits per heavy atom. The molecule has 3 aliphatic rings. The molecular weight excluding hydrogens is 402 g/mol. The molecule has 5 rings (SSSR count). The van der Waals surface area contributed by atoms with Crippen LogP contribution in [0.2, 0.25) is 0 Å². The average molecular weight is 434 g/mol. The van der Waals surface area contributed by atoms with E-state index in [1.54, 1.807) is 0 Å². The number of carbonyl (C=O) groups is 1. The molecule has 0 bridgehead atoms. The molecule has 2 saturated heterocycles. The Balaban J connectivity index is 1.10. The number of hydrogen-bond acceptors (Lipinski definition) is 6. The first-order chi connectivity index (χ1) is 15.8. The number of piperidine rings is 1. The highest BCUT2D eigenvalue weighted by molar-refractivity contribution is 6.04. The molecule has 2 aromatic rings. The van der Waals surface area contributed by atoms with Crippen molar-refractivity contribution in [1.29, 1.82) is 0 Å². The molecule has 0 N–H and O–H groups in total. The van der Waals surface area contributed by atoms with Gasteiger partial charge in [0, 0.05) is 58.4 Å². The fourth-order valence-electron chi connectivity index (χ4n) is 4.99. The summed E-state index contributed by atoms with van der Waals surface area (Å²) in [7, 11) is 0. The first-order valence-electron chi connectivity index (χ1n) is 11.7. The van der Waals surface area contributed by atoms with Crippen LogP contribution in [-0.2, 0) is 9.63 Å². The highest BCUT2D eigenvalue weighted by atomic mass is 16.6. The van der Waals surface area contributed by atoms with Gasteiger partial charge in [-0.05, 0) is 36.5 Å². The van der Waals surface area contributed by atoms with Crippen LogP contribution in [0.25, 0.3) is 0 Å². The Bertz CT molecular complexity index is 928. The smallest absolute Gasteiger partial charge is 0.266 e. The molecule has 0 saturated carbocycles. The van der Waals surface area contributed by atoms with Gasteiger partial charge in [0.2, 0.25) is 6.10 Å². The summed E-state index contributed by atoms with van der Waals surface area (Å²) < 4.78 is 0. The van der Waals surface area contributed by atoms with Crippen molar-refractivity contribution in [2.75, 3.05) is 50.7 Å². The lowest BCUT2D eigenvalue weighted by atomic mass is 9.96. The number of nitrogens with zero attached hydrogens (tertiary/aromatic N) is 5. The number of benzene rings is 1. The van der Waals surface area contributed by atoms with Gasteiger partial charge in [-0.15, -0.1) is 0 Å². The highest BCUT2D eigenvalue weighted by Gasteiger charge is 2.35. The number of pyridine rings is 1. The number of rotatable bonds is 5. The van der Waals surface area contributed by atoms with Gasteiger partial charge in [0.25, 0.3) is 5.91 Å². The third-order valence-corrected chi connectivity index (χ3v) is 6.74. The maximum absolute atomic E-state index is 13.1. The Hall–Kier alpha value is -2.93. The van der Waals surface area contributed by atoms with Crippen LogP contribution in [0.15, 0.2) is 59.9 Å². The van der Waals surface area contributed by atoms with Crippen LogP contribution in [0, 0.1) is 5.92 Å². The standard InChI is InChI=1S/C25H31N5O2/c31-25(23-17-22(27-32-23)21-8-2-1-3-9-21)30-12-6-7-20(19-30)18-28-13-15-29(16-14-28)24-10-4-5-11-26-24/h1-5,8-11,20,23H,6-7,12-19H2/t20-,23+/m1/s1. The molecule has 3 aliphatic heterocycles. The van der Waals surface area contributed by atoms with Gasteiger partial charge >= 0.3 is 0 Å². The maximum Gasteiger partial charge on any atom is 0.266 e. The monoisotopic (exact) mass is 433 g/mol. The SMILES string of the molecule is O=C([C@@H]1CC(c2ccccc2)=NO1)N1CCC[C@H](CN2CCN(c3ccccn3)CC2)C1. The van der Waals surface area contributed by atoms with Crippen molar-refractivity contribution < 1.29 is 9.63 Å². The molecule has 0 radical (unpaired) electrons. The second-order valence-corrected chi connectivity index (χ2v) is 8.97. The van der Waals surface area contributed by atoms with Gasteiger partial charge in [0.05, 0.1) is 5.71 Å². The predicted octanol–water partition coefficient (Wildman–Crippen LogP) is 2.64. The van der Waals surface area contributed by atoms with Gasteiger partial charge in [-0.1, -0.05) is 41.6 Å². The quantitative estimate of drug-likeness (QED) is 0.726. The number of anilines is 1. The first kappa shape index (κ1) is 20.9. The van der Waals surface area contributed by atoms with Crippen LogP contribution >= 0.6 is 0 Å². The van der Waals surface area contributed by atoms with E-state index in [-0.39, 0.29) is 5.91 Å². The molecule has 1 aromatic heterocycles. The lowest BCUT2D eigenvalue weighted by molar-refractivity contribution is -0.144. The Kier molecular flexibility index (Phi) is 6.34. The summed E-state index contributed by atoms with van der Waals surface area (Å²) in [5, 5.41) is 4.20. The molecule has 32 heavy (non-hydrogen) atoms. The van der Waals surface area contributed by atoms with Crippen LogP contribution in [-0.4, -0.2) is 78.3 Å². The summed E-state index contributed by atoms with van der Waals surface area (Å²) in [6.07, 6.45) is 4.17. The third kappa shape index (κ3) is 4.78. The van der Waals surface area contributed by atoms with E-state index in [4.69, 9.17) is 4.84 Å². The summed E-state index contributed by atoms with van der Waals surface area (Å²) >= 11 is 0. The number of piperazine rings is 1. The van der Waals surface area contributed by atoms with Crippen molar-refractivity contribution in [3.8, 4) is 0 Å². The normalized spacial score (nSPS) is 24.2. The van der Waals surface area contributed by atoms with Gasteiger partial charge in [0.1, 0.15) is 5.82 Å². The first-order valence-corrected chi connectivity index (χ1v) is 11.7. The molecule has 4 heterocycles. The molecule has 7 heteroatoms. The van der Waals surface area contributed by atoms with Gasteiger partial charge in [-0.2, -0.15) is 0 Å². The number of amides is 1. The molecule has 168 valence electrons. The van der Waals surface area contributed by atoms with E-state index in [0.717, 1.165) is 69.3 Å². The van der Waals surface area contributed by atoms with Crippen LogP contribution in [0.1, 0.15) is 24.8 Å². The molecular formula is C25H31N5O2. The second kappa shape index (κ2) is 9.69. The number of carbonyl (C=O) groups excluding carboxylic acids is 1. The molecule has 7 nitrogen and oxygen atoms in total. The zero-order valence-electron chi connectivity index (χ0n) is 18.5. The zero-order chi connectivity index (χ0) is 21.8. The van der Waals surface area contributed by atoms with E-state index >= 15 is 0 Å². The molecule has 0 aliphatic carbocycles. The topological polar surface area (TPSA) is 61.3 Å². The van der Waals surface area contributed by atoms with E-state index in [0.29, 0.717) is 12.3 Å². The van der Waals surface area contributed by atoms with Crippen LogP contribution in [0.5, 0.6) is 0 Å². The van der Waals surface area contributed by atoms with Gasteiger partial charge in [-0.25, -0.2) is 4.98 Å². The number of likely N-dealkylation sites (tertiary alicyclic amines) is 1. The minimum absolute atomic E-state index is 0.0874.